The number of hydrogen-bond acceptors (Lipinski definition) is 3. The molecule has 4 heteroatoms. The number of ether oxygens (including phenoxy) is 1. The Balaban J connectivity index is 2.60. The van der Waals surface area contributed by atoms with E-state index in [0.29, 0.717) is 6.04 Å². The van der Waals surface area contributed by atoms with Crippen molar-refractivity contribution in [1.82, 2.24) is 5.32 Å². The van der Waals surface area contributed by atoms with Gasteiger partial charge in [0.15, 0.2) is 0 Å². The summed E-state index contributed by atoms with van der Waals surface area (Å²) in [4.78, 5) is 0. The Labute approximate surface area is 109 Å². The van der Waals surface area contributed by atoms with E-state index in [1.807, 2.05) is 19.1 Å². The number of hydrogen-bond donors (Lipinski definition) is 2. The van der Waals surface area contributed by atoms with Crippen LogP contribution in [0, 0.1) is 6.92 Å². The van der Waals surface area contributed by atoms with Crippen molar-refractivity contribution in [2.24, 2.45) is 0 Å². The van der Waals surface area contributed by atoms with Crippen molar-refractivity contribution in [3.05, 3.63) is 22.7 Å². The maximum absolute atomic E-state index is 6.09. The molecule has 2 N–H and O–H groups in total. The van der Waals surface area contributed by atoms with Gasteiger partial charge in [-0.05, 0) is 24.6 Å². The predicted molar refractivity (Wildman–Crippen MR) is 74.4 cm³/mol. The molecule has 0 spiro atoms. The minimum atomic E-state index is 0.500. The lowest BCUT2D eigenvalue weighted by atomic mass is 10.2. The van der Waals surface area contributed by atoms with Crippen LogP contribution >= 0.6 is 11.6 Å². The van der Waals surface area contributed by atoms with Crippen molar-refractivity contribution < 1.29 is 4.74 Å². The van der Waals surface area contributed by atoms with Gasteiger partial charge in [0.1, 0.15) is 5.75 Å². The highest BCUT2D eigenvalue weighted by Crippen LogP contribution is 2.30. The lowest BCUT2D eigenvalue weighted by Gasteiger charge is -2.14. The molecule has 0 saturated heterocycles. The molecule has 17 heavy (non-hydrogen) atoms. The molecule has 0 aliphatic rings. The normalized spacial score (nSPS) is 10.7. The van der Waals surface area contributed by atoms with E-state index in [4.69, 9.17) is 16.3 Å². The van der Waals surface area contributed by atoms with Gasteiger partial charge in [-0.15, -0.1) is 0 Å². The number of halogens is 1. The summed E-state index contributed by atoms with van der Waals surface area (Å²) in [7, 11) is 1.67. The second-order valence-electron chi connectivity index (χ2n) is 4.34. The Hall–Kier alpha value is -0.930. The van der Waals surface area contributed by atoms with Crippen LogP contribution in [0.1, 0.15) is 19.4 Å². The molecule has 0 fully saturated rings. The second kappa shape index (κ2) is 6.72. The van der Waals surface area contributed by atoms with Crippen LogP contribution in [-0.2, 0) is 0 Å². The number of nitrogens with one attached hydrogen (secondary N) is 2. The molecule has 1 aromatic carbocycles. The van der Waals surface area contributed by atoms with E-state index in [9.17, 15) is 0 Å². The lowest BCUT2D eigenvalue weighted by Crippen LogP contribution is -2.28. The van der Waals surface area contributed by atoms with E-state index in [1.54, 1.807) is 7.11 Å². The van der Waals surface area contributed by atoms with Crippen LogP contribution < -0.4 is 15.4 Å². The molecule has 1 rings (SSSR count). The molecular formula is C13H21ClN2O. The maximum atomic E-state index is 6.09. The van der Waals surface area contributed by atoms with Gasteiger partial charge in [0.05, 0.1) is 12.8 Å². The summed E-state index contributed by atoms with van der Waals surface area (Å²) >= 11 is 6.09. The molecule has 3 nitrogen and oxygen atoms in total. The summed E-state index contributed by atoms with van der Waals surface area (Å²) in [5.74, 6) is 0.830. The van der Waals surface area contributed by atoms with E-state index >= 15 is 0 Å². The first kappa shape index (κ1) is 14.1. The summed E-state index contributed by atoms with van der Waals surface area (Å²) in [5, 5.41) is 7.41. The standard InChI is InChI=1S/C13H21ClN2O/c1-9(2)15-5-6-16-12-8-11(14)10(3)7-13(12)17-4/h7-9,15-16H,5-6H2,1-4H3. The highest BCUT2D eigenvalue weighted by molar-refractivity contribution is 6.31. The van der Waals surface area contributed by atoms with Crippen LogP contribution in [-0.4, -0.2) is 26.2 Å². The lowest BCUT2D eigenvalue weighted by molar-refractivity contribution is 0.416. The fraction of sp³-hybridized carbons (Fsp3) is 0.538. The van der Waals surface area contributed by atoms with E-state index in [-0.39, 0.29) is 0 Å². The molecule has 96 valence electrons. The highest BCUT2D eigenvalue weighted by Gasteiger charge is 2.06. The monoisotopic (exact) mass is 256 g/mol. The van der Waals surface area contributed by atoms with Crippen molar-refractivity contribution >= 4 is 17.3 Å². The van der Waals surface area contributed by atoms with Gasteiger partial charge < -0.3 is 15.4 Å². The van der Waals surface area contributed by atoms with Crippen molar-refractivity contribution in [3.8, 4) is 5.75 Å². The van der Waals surface area contributed by atoms with Gasteiger partial charge in [-0.2, -0.15) is 0 Å². The fourth-order valence-electron chi connectivity index (χ4n) is 1.52. The van der Waals surface area contributed by atoms with Crippen molar-refractivity contribution in [2.75, 3.05) is 25.5 Å². The third-order valence-corrected chi connectivity index (χ3v) is 2.88. The Morgan fingerprint density at radius 3 is 2.59 bits per heavy atom. The van der Waals surface area contributed by atoms with Crippen LogP contribution in [0.5, 0.6) is 5.75 Å². The van der Waals surface area contributed by atoms with Crippen LogP contribution in [0.15, 0.2) is 12.1 Å². The van der Waals surface area contributed by atoms with Gasteiger partial charge >= 0.3 is 0 Å². The summed E-state index contributed by atoms with van der Waals surface area (Å²) in [6.07, 6.45) is 0. The van der Waals surface area contributed by atoms with Crippen LogP contribution in [0.25, 0.3) is 0 Å². The highest BCUT2D eigenvalue weighted by atomic mass is 35.5. The molecule has 0 aliphatic carbocycles. The quantitative estimate of drug-likeness (QED) is 0.768. The van der Waals surface area contributed by atoms with Crippen molar-refractivity contribution in [1.29, 1.82) is 0 Å². The molecule has 0 radical (unpaired) electrons. The van der Waals surface area contributed by atoms with Gasteiger partial charge in [0, 0.05) is 24.2 Å². The van der Waals surface area contributed by atoms with Crippen LogP contribution in [0.2, 0.25) is 5.02 Å². The van der Waals surface area contributed by atoms with Gasteiger partial charge in [0.2, 0.25) is 0 Å². The number of methoxy groups -OCH3 is 1. The predicted octanol–water partition coefficient (Wildman–Crippen LogP) is 3.07. The molecule has 0 atom stereocenters. The Morgan fingerprint density at radius 1 is 1.29 bits per heavy atom. The smallest absolute Gasteiger partial charge is 0.142 e. The molecule has 1 aromatic rings. The average Bonchev–Trinajstić information content (AvgIpc) is 2.28. The molecule has 0 aromatic heterocycles. The van der Waals surface area contributed by atoms with Gasteiger partial charge in [-0.25, -0.2) is 0 Å². The van der Waals surface area contributed by atoms with E-state index in [0.717, 1.165) is 35.1 Å². The Kier molecular flexibility index (Phi) is 5.59. The first-order valence-corrected chi connectivity index (χ1v) is 6.23. The average molecular weight is 257 g/mol. The number of benzene rings is 1. The van der Waals surface area contributed by atoms with Crippen LogP contribution in [0.3, 0.4) is 0 Å². The minimum Gasteiger partial charge on any atom is -0.495 e. The molecular weight excluding hydrogens is 236 g/mol. The van der Waals surface area contributed by atoms with Crippen molar-refractivity contribution in [2.45, 2.75) is 26.8 Å². The molecule has 0 heterocycles. The minimum absolute atomic E-state index is 0.500. The number of aryl methyl sites for hydroxylation is 1. The third-order valence-electron chi connectivity index (χ3n) is 2.47. The van der Waals surface area contributed by atoms with Crippen LogP contribution in [0.4, 0.5) is 5.69 Å². The summed E-state index contributed by atoms with van der Waals surface area (Å²) < 4.78 is 5.32. The van der Waals surface area contributed by atoms with E-state index in [2.05, 4.69) is 24.5 Å². The second-order valence-corrected chi connectivity index (χ2v) is 4.74. The van der Waals surface area contributed by atoms with Gasteiger partial charge in [0.25, 0.3) is 0 Å². The summed E-state index contributed by atoms with van der Waals surface area (Å²) in [5.41, 5.74) is 1.96. The Bertz CT molecular complexity index is 367. The summed E-state index contributed by atoms with van der Waals surface area (Å²) in [6.45, 7) is 7.97. The first-order chi connectivity index (χ1) is 8.04. The fourth-order valence-corrected chi connectivity index (χ4v) is 1.68. The SMILES string of the molecule is COc1cc(C)c(Cl)cc1NCCNC(C)C. The molecule has 0 unspecified atom stereocenters. The zero-order valence-electron chi connectivity index (χ0n) is 10.9. The maximum Gasteiger partial charge on any atom is 0.142 e. The first-order valence-electron chi connectivity index (χ1n) is 5.86. The number of anilines is 1. The van der Waals surface area contributed by atoms with Gasteiger partial charge in [-0.3, -0.25) is 0 Å². The zero-order chi connectivity index (χ0) is 12.8. The molecule has 0 saturated carbocycles. The largest absolute Gasteiger partial charge is 0.495 e. The zero-order valence-corrected chi connectivity index (χ0v) is 11.7. The third kappa shape index (κ3) is 4.44. The van der Waals surface area contributed by atoms with Crippen molar-refractivity contribution in [3.63, 3.8) is 0 Å². The molecule has 0 bridgehead atoms. The van der Waals surface area contributed by atoms with E-state index < -0.39 is 0 Å². The van der Waals surface area contributed by atoms with E-state index in [1.165, 1.54) is 0 Å². The molecule has 0 aliphatic heterocycles. The summed E-state index contributed by atoms with van der Waals surface area (Å²) in [6, 6.07) is 4.35. The topological polar surface area (TPSA) is 33.3 Å². The van der Waals surface area contributed by atoms with Gasteiger partial charge in [-0.1, -0.05) is 25.4 Å². The molecule has 0 amide bonds. The Morgan fingerprint density at radius 2 is 2.00 bits per heavy atom. The number of rotatable bonds is 6.